The highest BCUT2D eigenvalue weighted by atomic mass is 35.5. The van der Waals surface area contributed by atoms with Crippen molar-refractivity contribution >= 4 is 24.2 Å². The summed E-state index contributed by atoms with van der Waals surface area (Å²) in [4.78, 5) is 22.1. The SMILES string of the molecule is CC1(C)CC(CC(N)C(N)=O)C(=O)N1.Cl. The van der Waals surface area contributed by atoms with Crippen LogP contribution in [0.5, 0.6) is 0 Å². The van der Waals surface area contributed by atoms with Gasteiger partial charge in [0.05, 0.1) is 6.04 Å². The highest BCUT2D eigenvalue weighted by Gasteiger charge is 2.38. The summed E-state index contributed by atoms with van der Waals surface area (Å²) in [5, 5.41) is 2.84. The van der Waals surface area contributed by atoms with E-state index in [1.54, 1.807) is 0 Å². The van der Waals surface area contributed by atoms with E-state index < -0.39 is 11.9 Å². The second-order valence-electron chi connectivity index (χ2n) is 4.52. The first kappa shape index (κ1) is 14.2. The Morgan fingerprint density at radius 2 is 2.20 bits per heavy atom. The molecule has 1 aliphatic heterocycles. The van der Waals surface area contributed by atoms with E-state index in [0.29, 0.717) is 12.8 Å². The lowest BCUT2D eigenvalue weighted by Crippen LogP contribution is -2.39. The molecule has 2 atom stereocenters. The predicted molar refractivity (Wildman–Crippen MR) is 59.4 cm³/mol. The molecule has 6 heteroatoms. The first-order chi connectivity index (χ1) is 6.32. The zero-order valence-corrected chi connectivity index (χ0v) is 9.76. The third kappa shape index (κ3) is 3.68. The van der Waals surface area contributed by atoms with E-state index in [2.05, 4.69) is 5.32 Å². The molecule has 1 aliphatic rings. The van der Waals surface area contributed by atoms with E-state index in [1.807, 2.05) is 13.8 Å². The van der Waals surface area contributed by atoms with Gasteiger partial charge < -0.3 is 16.8 Å². The van der Waals surface area contributed by atoms with Gasteiger partial charge in [-0.05, 0) is 26.7 Å². The fraction of sp³-hybridized carbons (Fsp3) is 0.778. The van der Waals surface area contributed by atoms with Gasteiger partial charge in [-0.2, -0.15) is 0 Å². The van der Waals surface area contributed by atoms with Crippen LogP contribution in [-0.2, 0) is 9.59 Å². The smallest absolute Gasteiger partial charge is 0.234 e. The highest BCUT2D eigenvalue weighted by molar-refractivity contribution is 5.85. The first-order valence-corrected chi connectivity index (χ1v) is 4.69. The maximum atomic E-state index is 11.4. The van der Waals surface area contributed by atoms with Gasteiger partial charge >= 0.3 is 0 Å². The normalized spacial score (nSPS) is 25.3. The minimum absolute atomic E-state index is 0. The van der Waals surface area contributed by atoms with Gasteiger partial charge in [-0.3, -0.25) is 9.59 Å². The van der Waals surface area contributed by atoms with Crippen molar-refractivity contribution in [2.45, 2.75) is 38.3 Å². The van der Waals surface area contributed by atoms with Gasteiger partial charge in [-0.25, -0.2) is 0 Å². The molecule has 1 fully saturated rings. The summed E-state index contributed by atoms with van der Waals surface area (Å²) in [5.74, 6) is -0.776. The number of hydrogen-bond donors (Lipinski definition) is 3. The number of halogens is 1. The molecule has 0 aromatic heterocycles. The first-order valence-electron chi connectivity index (χ1n) is 4.69. The Bertz CT molecular complexity index is 268. The van der Waals surface area contributed by atoms with E-state index >= 15 is 0 Å². The Labute approximate surface area is 95.4 Å². The van der Waals surface area contributed by atoms with Gasteiger partial charge in [0.2, 0.25) is 11.8 Å². The van der Waals surface area contributed by atoms with Gasteiger partial charge in [-0.15, -0.1) is 12.4 Å². The van der Waals surface area contributed by atoms with Crippen molar-refractivity contribution in [3.63, 3.8) is 0 Å². The van der Waals surface area contributed by atoms with Gasteiger partial charge in [0.1, 0.15) is 0 Å². The molecule has 2 unspecified atom stereocenters. The van der Waals surface area contributed by atoms with Gasteiger partial charge in [-0.1, -0.05) is 0 Å². The summed E-state index contributed by atoms with van der Waals surface area (Å²) in [6.07, 6.45) is 1.04. The third-order valence-electron chi connectivity index (χ3n) is 2.49. The van der Waals surface area contributed by atoms with Crippen LogP contribution in [0.1, 0.15) is 26.7 Å². The fourth-order valence-corrected chi connectivity index (χ4v) is 1.81. The van der Waals surface area contributed by atoms with Crippen molar-refractivity contribution in [3.8, 4) is 0 Å². The lowest BCUT2D eigenvalue weighted by molar-refractivity contribution is -0.123. The molecule has 0 saturated carbocycles. The van der Waals surface area contributed by atoms with Crippen LogP contribution in [0.25, 0.3) is 0 Å². The molecule has 0 aromatic carbocycles. The Kier molecular flexibility index (Phi) is 4.55. The number of carbonyl (C=O) groups is 2. The molecule has 2 amide bonds. The number of rotatable bonds is 3. The molecule has 0 bridgehead atoms. The maximum absolute atomic E-state index is 11.4. The fourth-order valence-electron chi connectivity index (χ4n) is 1.81. The summed E-state index contributed by atoms with van der Waals surface area (Å²) in [7, 11) is 0. The van der Waals surface area contributed by atoms with Crippen molar-refractivity contribution < 1.29 is 9.59 Å². The van der Waals surface area contributed by atoms with Crippen LogP contribution in [0.2, 0.25) is 0 Å². The summed E-state index contributed by atoms with van der Waals surface area (Å²) in [5.41, 5.74) is 10.3. The molecule has 1 saturated heterocycles. The molecule has 5 nitrogen and oxygen atoms in total. The number of amides is 2. The molecule has 0 spiro atoms. The van der Waals surface area contributed by atoms with Gasteiger partial charge in [0, 0.05) is 11.5 Å². The zero-order chi connectivity index (χ0) is 10.9. The molecule has 0 aliphatic carbocycles. The predicted octanol–water partition coefficient (Wildman–Crippen LogP) is -0.474. The second-order valence-corrected chi connectivity index (χ2v) is 4.52. The monoisotopic (exact) mass is 235 g/mol. The molecule has 1 rings (SSSR count). The average Bonchev–Trinajstić information content (AvgIpc) is 2.24. The molecule has 0 aromatic rings. The van der Waals surface area contributed by atoms with Crippen molar-refractivity contribution in [2.24, 2.45) is 17.4 Å². The lowest BCUT2D eigenvalue weighted by Gasteiger charge is -2.16. The number of carbonyl (C=O) groups excluding carboxylic acids is 2. The van der Waals surface area contributed by atoms with Crippen LogP contribution in [0.3, 0.4) is 0 Å². The van der Waals surface area contributed by atoms with E-state index in [-0.39, 0.29) is 29.8 Å². The molecular formula is C9H18ClN3O2. The number of primary amides is 1. The van der Waals surface area contributed by atoms with Crippen LogP contribution in [0.4, 0.5) is 0 Å². The lowest BCUT2D eigenvalue weighted by atomic mass is 9.92. The minimum atomic E-state index is -0.723. The quantitative estimate of drug-likeness (QED) is 0.617. The van der Waals surface area contributed by atoms with Crippen LogP contribution < -0.4 is 16.8 Å². The summed E-state index contributed by atoms with van der Waals surface area (Å²) in [6.45, 7) is 3.89. The number of nitrogens with two attached hydrogens (primary N) is 2. The number of nitrogens with one attached hydrogen (secondary N) is 1. The zero-order valence-electron chi connectivity index (χ0n) is 8.95. The molecule has 1 heterocycles. The van der Waals surface area contributed by atoms with Crippen molar-refractivity contribution in [2.75, 3.05) is 0 Å². The summed E-state index contributed by atoms with van der Waals surface area (Å²) in [6, 6.07) is -0.723. The van der Waals surface area contributed by atoms with Crippen LogP contribution in [0, 0.1) is 5.92 Å². The topological polar surface area (TPSA) is 98.2 Å². The largest absolute Gasteiger partial charge is 0.368 e. The summed E-state index contributed by atoms with van der Waals surface area (Å²) < 4.78 is 0. The van der Waals surface area contributed by atoms with E-state index in [1.165, 1.54) is 0 Å². The second kappa shape index (κ2) is 4.81. The van der Waals surface area contributed by atoms with E-state index in [0.717, 1.165) is 0 Å². The summed E-state index contributed by atoms with van der Waals surface area (Å²) >= 11 is 0. The van der Waals surface area contributed by atoms with Gasteiger partial charge in [0.15, 0.2) is 0 Å². The molecular weight excluding hydrogens is 218 g/mol. The Balaban J connectivity index is 0.00000196. The van der Waals surface area contributed by atoms with Crippen LogP contribution >= 0.6 is 12.4 Å². The van der Waals surface area contributed by atoms with Crippen molar-refractivity contribution in [3.05, 3.63) is 0 Å². The number of hydrogen-bond acceptors (Lipinski definition) is 3. The molecule has 5 N–H and O–H groups in total. The Hall–Kier alpha value is -0.810. The average molecular weight is 236 g/mol. The third-order valence-corrected chi connectivity index (χ3v) is 2.49. The van der Waals surface area contributed by atoms with Crippen LogP contribution in [-0.4, -0.2) is 23.4 Å². The van der Waals surface area contributed by atoms with E-state index in [9.17, 15) is 9.59 Å². The maximum Gasteiger partial charge on any atom is 0.234 e. The minimum Gasteiger partial charge on any atom is -0.368 e. The van der Waals surface area contributed by atoms with Crippen molar-refractivity contribution in [1.29, 1.82) is 0 Å². The van der Waals surface area contributed by atoms with Crippen molar-refractivity contribution in [1.82, 2.24) is 5.32 Å². The molecule has 15 heavy (non-hydrogen) atoms. The molecule has 0 radical (unpaired) electrons. The van der Waals surface area contributed by atoms with E-state index in [4.69, 9.17) is 11.5 Å². The standard InChI is InChI=1S/C9H17N3O2.ClH/c1-9(2)4-5(8(14)12-9)3-6(10)7(11)13;/h5-6H,3-4,10H2,1-2H3,(H2,11,13)(H,12,14);1H. The molecule has 88 valence electrons. The van der Waals surface area contributed by atoms with Crippen LogP contribution in [0.15, 0.2) is 0 Å². The Morgan fingerprint density at radius 1 is 1.67 bits per heavy atom. The Morgan fingerprint density at radius 3 is 2.53 bits per heavy atom. The van der Waals surface area contributed by atoms with Gasteiger partial charge in [0.25, 0.3) is 0 Å². The highest BCUT2D eigenvalue weighted by Crippen LogP contribution is 2.27.